The molecule has 0 heterocycles. The van der Waals surface area contributed by atoms with Crippen LogP contribution < -0.4 is 0 Å². The fourth-order valence-corrected chi connectivity index (χ4v) is 0.951. The second-order valence-electron chi connectivity index (χ2n) is 3.12. The van der Waals surface area contributed by atoms with Gasteiger partial charge in [0, 0.05) is 0 Å². The van der Waals surface area contributed by atoms with Gasteiger partial charge in [-0.25, -0.2) is 0 Å². The van der Waals surface area contributed by atoms with Gasteiger partial charge in [-0.15, -0.1) is 0 Å². The van der Waals surface area contributed by atoms with E-state index in [-0.39, 0.29) is 0 Å². The molecular weight excluding hydrogens is 381 g/mol. The molecule has 1 aromatic carbocycles. The molecule has 1 rings (SSSR count). The van der Waals surface area contributed by atoms with E-state index >= 15 is 0 Å². The van der Waals surface area contributed by atoms with Crippen LogP contribution in [0.25, 0.3) is 0 Å². The Bertz CT molecular complexity index is 219. The van der Waals surface area contributed by atoms with Gasteiger partial charge in [-0.2, -0.15) is 0 Å². The summed E-state index contributed by atoms with van der Waals surface area (Å²) >= 11 is -0.639. The van der Waals surface area contributed by atoms with Gasteiger partial charge in [-0.3, -0.25) is 0 Å². The minimum atomic E-state index is -0.639. The molecule has 0 aliphatic carbocycles. The zero-order chi connectivity index (χ0) is 10.3. The Kier molecular flexibility index (Phi) is 8.07. The molecular formula is C10H14Cl2Os. The molecule has 0 bridgehead atoms. The molecule has 0 nitrogen and oxygen atoms in total. The number of hydrogen-bond donors (Lipinski definition) is 0. The van der Waals surface area contributed by atoms with E-state index < -0.39 is 15.4 Å². The molecule has 3 heteroatoms. The van der Waals surface area contributed by atoms with Gasteiger partial charge in [0.25, 0.3) is 0 Å². The van der Waals surface area contributed by atoms with Gasteiger partial charge in [0.2, 0.25) is 0 Å². The summed E-state index contributed by atoms with van der Waals surface area (Å²) in [7, 11) is 9.81. The third kappa shape index (κ3) is 6.50. The quantitative estimate of drug-likeness (QED) is 0.657. The third-order valence-corrected chi connectivity index (χ3v) is 1.74. The van der Waals surface area contributed by atoms with E-state index in [1.165, 1.54) is 11.1 Å². The second-order valence-corrected chi connectivity index (χ2v) is 6.79. The van der Waals surface area contributed by atoms with Crippen molar-refractivity contribution in [1.29, 1.82) is 0 Å². The fraction of sp³-hybridized carbons (Fsp3) is 0.400. The Hall–Kier alpha value is 0.436. The molecule has 0 aliphatic heterocycles. The van der Waals surface area contributed by atoms with E-state index in [2.05, 4.69) is 45.0 Å². The summed E-state index contributed by atoms with van der Waals surface area (Å²) < 4.78 is 0. The first-order chi connectivity index (χ1) is 6.11. The van der Waals surface area contributed by atoms with Crippen LogP contribution >= 0.6 is 19.3 Å². The van der Waals surface area contributed by atoms with Crippen LogP contribution in [0.15, 0.2) is 24.3 Å². The molecule has 0 N–H and O–H groups in total. The van der Waals surface area contributed by atoms with Gasteiger partial charge in [0.05, 0.1) is 0 Å². The van der Waals surface area contributed by atoms with Gasteiger partial charge >= 0.3 is 34.7 Å². The summed E-state index contributed by atoms with van der Waals surface area (Å²) in [6.45, 7) is 6.54. The Labute approximate surface area is 96.5 Å². The third-order valence-electron chi connectivity index (χ3n) is 1.74. The first-order valence-corrected chi connectivity index (χ1v) is 10.3. The number of rotatable bonds is 1. The van der Waals surface area contributed by atoms with Crippen LogP contribution in [0.5, 0.6) is 0 Å². The van der Waals surface area contributed by atoms with Crippen LogP contribution in [0.2, 0.25) is 0 Å². The van der Waals surface area contributed by atoms with Crippen molar-refractivity contribution in [1.82, 2.24) is 0 Å². The molecule has 0 saturated heterocycles. The van der Waals surface area contributed by atoms with Crippen molar-refractivity contribution in [3.8, 4) is 0 Å². The Balaban J connectivity index is 0.000000424. The fourth-order valence-electron chi connectivity index (χ4n) is 0.951. The molecule has 0 aliphatic rings. The number of hydrogen-bond acceptors (Lipinski definition) is 0. The van der Waals surface area contributed by atoms with Crippen molar-refractivity contribution in [3.63, 3.8) is 0 Å². The Morgan fingerprint density at radius 1 is 1.08 bits per heavy atom. The van der Waals surface area contributed by atoms with Crippen molar-refractivity contribution < 1.29 is 15.4 Å². The predicted octanol–water partition coefficient (Wildman–Crippen LogP) is 4.49. The van der Waals surface area contributed by atoms with E-state index in [9.17, 15) is 0 Å². The van der Waals surface area contributed by atoms with E-state index in [1.807, 2.05) is 0 Å². The average Bonchev–Trinajstić information content (AvgIpc) is 2.06. The van der Waals surface area contributed by atoms with E-state index in [0.717, 1.165) is 0 Å². The average molecular weight is 395 g/mol. The standard InChI is InChI=1S/C10H14.2ClH.Os/c1-8(2)10-6-4-9(3)5-7-10;;;/h4-8H,1-3H3;2*1H;/q;;;+2/p-2. The Morgan fingerprint density at radius 3 is 1.77 bits per heavy atom. The maximum absolute atomic E-state index is 4.90. The predicted molar refractivity (Wildman–Crippen MR) is 57.0 cm³/mol. The number of aryl methyl sites for hydroxylation is 1. The van der Waals surface area contributed by atoms with Crippen molar-refractivity contribution in [2.75, 3.05) is 0 Å². The van der Waals surface area contributed by atoms with Crippen LogP contribution in [0, 0.1) is 6.92 Å². The van der Waals surface area contributed by atoms with Crippen LogP contribution in [-0.4, -0.2) is 0 Å². The summed E-state index contributed by atoms with van der Waals surface area (Å²) in [5.74, 6) is 0.653. The molecule has 76 valence electrons. The van der Waals surface area contributed by atoms with Crippen LogP contribution in [-0.2, 0) is 15.4 Å². The number of halogens is 2. The molecule has 13 heavy (non-hydrogen) atoms. The van der Waals surface area contributed by atoms with Crippen LogP contribution in [0.4, 0.5) is 0 Å². The van der Waals surface area contributed by atoms with Gasteiger partial charge < -0.3 is 0 Å². The Morgan fingerprint density at radius 2 is 1.46 bits per heavy atom. The van der Waals surface area contributed by atoms with Gasteiger partial charge in [0.15, 0.2) is 0 Å². The molecule has 0 atom stereocenters. The van der Waals surface area contributed by atoms with Crippen molar-refractivity contribution in [2.45, 2.75) is 26.7 Å². The van der Waals surface area contributed by atoms with E-state index in [0.29, 0.717) is 5.92 Å². The summed E-state index contributed by atoms with van der Waals surface area (Å²) in [5.41, 5.74) is 2.76. The zero-order valence-electron chi connectivity index (χ0n) is 8.00. The first kappa shape index (κ1) is 13.4. The molecule has 1 aromatic rings. The van der Waals surface area contributed by atoms with Crippen molar-refractivity contribution in [2.24, 2.45) is 0 Å². The summed E-state index contributed by atoms with van der Waals surface area (Å²) in [6.07, 6.45) is 0. The second kappa shape index (κ2) is 7.80. The van der Waals surface area contributed by atoms with E-state index in [4.69, 9.17) is 19.3 Å². The molecule has 0 aromatic heterocycles. The minimum absolute atomic E-state index is 0.639. The van der Waals surface area contributed by atoms with Gasteiger partial charge in [-0.05, 0) is 18.4 Å². The van der Waals surface area contributed by atoms with Gasteiger partial charge in [0.1, 0.15) is 0 Å². The normalized spacial score (nSPS) is 9.69. The summed E-state index contributed by atoms with van der Waals surface area (Å²) in [6, 6.07) is 8.71. The number of benzene rings is 1. The molecule has 0 fully saturated rings. The van der Waals surface area contributed by atoms with Crippen LogP contribution in [0.1, 0.15) is 30.9 Å². The monoisotopic (exact) mass is 396 g/mol. The molecule has 0 amide bonds. The van der Waals surface area contributed by atoms with Crippen LogP contribution in [0.3, 0.4) is 0 Å². The maximum atomic E-state index is 4.90. The molecule has 0 spiro atoms. The topological polar surface area (TPSA) is 0 Å². The van der Waals surface area contributed by atoms with Crippen molar-refractivity contribution >= 4 is 19.3 Å². The van der Waals surface area contributed by atoms with Crippen molar-refractivity contribution in [3.05, 3.63) is 35.4 Å². The SMILES string of the molecule is Cc1ccc(C(C)C)cc1.[Cl][Os][Cl]. The van der Waals surface area contributed by atoms with E-state index in [1.54, 1.807) is 0 Å². The molecule has 0 unspecified atom stereocenters. The summed E-state index contributed by atoms with van der Waals surface area (Å²) in [5, 5.41) is 0. The van der Waals surface area contributed by atoms with Gasteiger partial charge in [-0.1, -0.05) is 43.7 Å². The first-order valence-electron chi connectivity index (χ1n) is 4.03. The molecule has 0 radical (unpaired) electrons. The molecule has 0 saturated carbocycles. The zero-order valence-corrected chi connectivity index (χ0v) is 12.0. The summed E-state index contributed by atoms with van der Waals surface area (Å²) in [4.78, 5) is 0.